The zero-order valence-electron chi connectivity index (χ0n) is 16.1. The van der Waals surface area contributed by atoms with Gasteiger partial charge in [0.15, 0.2) is 0 Å². The largest absolute Gasteiger partial charge is 0.508 e. The number of phenolic OH excluding ortho intramolecular Hbond substituents is 1. The van der Waals surface area contributed by atoms with Crippen LogP contribution in [-0.4, -0.2) is 17.3 Å². The first-order valence-corrected chi connectivity index (χ1v) is 9.99. The van der Waals surface area contributed by atoms with Gasteiger partial charge in [0, 0.05) is 0 Å². The average Bonchev–Trinajstić information content (AvgIpc) is 2.69. The van der Waals surface area contributed by atoms with Crippen molar-refractivity contribution in [2.75, 3.05) is 0 Å². The Hall–Kier alpha value is -2.72. The van der Waals surface area contributed by atoms with Gasteiger partial charge in [0.1, 0.15) is 12.0 Å². The van der Waals surface area contributed by atoms with Crippen molar-refractivity contribution in [3.63, 3.8) is 0 Å². The number of primary amides is 1. The van der Waals surface area contributed by atoms with Crippen LogP contribution >= 0.6 is 11.8 Å². The van der Waals surface area contributed by atoms with Gasteiger partial charge in [-0.05, 0) is 66.4 Å². The van der Waals surface area contributed by atoms with E-state index in [2.05, 4.69) is 6.92 Å². The lowest BCUT2D eigenvalue weighted by molar-refractivity contribution is -0.119. The zero-order valence-corrected chi connectivity index (χ0v) is 16.9. The Morgan fingerprint density at radius 2 is 1.96 bits per heavy atom. The Morgan fingerprint density at radius 3 is 2.46 bits per heavy atom. The highest BCUT2D eigenvalue weighted by atomic mass is 32.2. The summed E-state index contributed by atoms with van der Waals surface area (Å²) in [7, 11) is 0. The third kappa shape index (κ3) is 7.89. The van der Waals surface area contributed by atoms with Crippen LogP contribution < -0.4 is 11.5 Å². The van der Waals surface area contributed by atoms with Crippen LogP contribution in [0.15, 0.2) is 45.8 Å². The zero-order chi connectivity index (χ0) is 20.9. The lowest BCUT2D eigenvalue weighted by Crippen LogP contribution is -2.27. The standard InChI is InChI=1S/C10H14N2OS.C8H10O.C3H3NO/c11-9-5-7(10(12)13)6-3-1-2-4-8(6)14-9;1-2-7-3-5-8(9)6-4-7;4-2-1-3-5/h5,7H,1-4,11H2,(H2,12,13);3-6,9H,2H2,1H3;3H,1H2. The van der Waals surface area contributed by atoms with E-state index in [1.165, 1.54) is 22.5 Å². The van der Waals surface area contributed by atoms with Crippen molar-refractivity contribution in [3.05, 3.63) is 51.4 Å². The number of hydrogen-bond donors (Lipinski definition) is 3. The number of nitrogens with two attached hydrogens (primary N) is 2. The third-order valence-electron chi connectivity index (χ3n) is 4.23. The predicted molar refractivity (Wildman–Crippen MR) is 112 cm³/mol. The first-order valence-electron chi connectivity index (χ1n) is 9.17. The summed E-state index contributed by atoms with van der Waals surface area (Å²) in [6, 6.07) is 8.92. The van der Waals surface area contributed by atoms with Crippen LogP contribution in [0.25, 0.3) is 0 Å². The molecule has 1 amide bonds. The fraction of sp³-hybridized carbons (Fsp3) is 0.381. The number of aryl methyl sites for hydroxylation is 1. The Bertz CT molecular complexity index is 764. The second kappa shape index (κ2) is 12.6. The Balaban J connectivity index is 0.000000241. The number of allylic oxidation sites excluding steroid dienone is 1. The summed E-state index contributed by atoms with van der Waals surface area (Å²) in [5, 5.41) is 17.2. The highest BCUT2D eigenvalue weighted by molar-refractivity contribution is 8.06. The van der Waals surface area contributed by atoms with Crippen molar-refractivity contribution < 1.29 is 14.7 Å². The number of nitriles is 1. The van der Waals surface area contributed by atoms with Gasteiger partial charge in [0.2, 0.25) is 5.91 Å². The normalized spacial score (nSPS) is 17.4. The Labute approximate surface area is 170 Å². The molecule has 5 N–H and O–H groups in total. The van der Waals surface area contributed by atoms with Crippen LogP contribution in [-0.2, 0) is 16.0 Å². The van der Waals surface area contributed by atoms with E-state index >= 15 is 0 Å². The van der Waals surface area contributed by atoms with Gasteiger partial charge in [-0.15, -0.1) is 0 Å². The molecule has 1 unspecified atom stereocenters. The van der Waals surface area contributed by atoms with E-state index in [9.17, 15) is 9.59 Å². The van der Waals surface area contributed by atoms with Crippen LogP contribution in [0.3, 0.4) is 0 Å². The third-order valence-corrected chi connectivity index (χ3v) is 5.32. The monoisotopic (exact) mass is 401 g/mol. The topological polar surface area (TPSA) is 130 Å². The summed E-state index contributed by atoms with van der Waals surface area (Å²) in [5.74, 6) is -0.179. The van der Waals surface area contributed by atoms with E-state index in [4.69, 9.17) is 21.8 Å². The summed E-state index contributed by atoms with van der Waals surface area (Å²) in [5.41, 5.74) is 13.6. The smallest absolute Gasteiger partial charge is 0.228 e. The van der Waals surface area contributed by atoms with E-state index in [-0.39, 0.29) is 18.2 Å². The Kier molecular flexibility index (Phi) is 10.5. The molecule has 0 saturated heterocycles. The molecule has 3 rings (SSSR count). The minimum Gasteiger partial charge on any atom is -0.508 e. The van der Waals surface area contributed by atoms with Crippen molar-refractivity contribution in [3.8, 4) is 11.8 Å². The average molecular weight is 402 g/mol. The molecule has 0 saturated carbocycles. The van der Waals surface area contributed by atoms with Gasteiger partial charge in [-0.1, -0.05) is 30.8 Å². The number of aromatic hydroxyl groups is 1. The van der Waals surface area contributed by atoms with Crippen molar-refractivity contribution >= 4 is 24.0 Å². The molecule has 150 valence electrons. The number of rotatable bonds is 3. The molecule has 1 aliphatic carbocycles. The summed E-state index contributed by atoms with van der Waals surface area (Å²) in [6.07, 6.45) is 7.82. The first-order chi connectivity index (χ1) is 13.4. The minimum atomic E-state index is -0.275. The number of amides is 1. The van der Waals surface area contributed by atoms with Crippen LogP contribution in [0, 0.1) is 17.2 Å². The van der Waals surface area contributed by atoms with Crippen LogP contribution in [0.4, 0.5) is 0 Å². The lowest BCUT2D eigenvalue weighted by Gasteiger charge is -2.27. The van der Waals surface area contributed by atoms with Gasteiger partial charge in [0.05, 0.1) is 23.4 Å². The molecule has 1 aliphatic heterocycles. The summed E-state index contributed by atoms with van der Waals surface area (Å²) >= 11 is 1.60. The van der Waals surface area contributed by atoms with Gasteiger partial charge < -0.3 is 21.4 Å². The minimum absolute atomic E-state index is 0.0139. The fourth-order valence-electron chi connectivity index (χ4n) is 2.81. The number of aldehydes is 1. The van der Waals surface area contributed by atoms with Gasteiger partial charge in [0.25, 0.3) is 0 Å². The molecular formula is C21H27N3O3S. The molecule has 1 heterocycles. The molecule has 2 aliphatic rings. The maximum Gasteiger partial charge on any atom is 0.228 e. The van der Waals surface area contributed by atoms with Crippen molar-refractivity contribution in [1.29, 1.82) is 5.26 Å². The molecule has 1 aromatic carbocycles. The van der Waals surface area contributed by atoms with Crippen molar-refractivity contribution in [2.45, 2.75) is 45.4 Å². The maximum atomic E-state index is 11.2. The molecule has 6 nitrogen and oxygen atoms in total. The Morgan fingerprint density at radius 1 is 1.32 bits per heavy atom. The van der Waals surface area contributed by atoms with Gasteiger partial charge in [-0.3, -0.25) is 4.79 Å². The molecule has 0 spiro atoms. The summed E-state index contributed by atoms with van der Waals surface area (Å²) in [4.78, 5) is 21.7. The number of benzene rings is 1. The molecule has 28 heavy (non-hydrogen) atoms. The number of carbonyl (C=O) groups is 2. The number of hydrogen-bond acceptors (Lipinski definition) is 6. The number of phenols is 1. The SMILES string of the molecule is CCc1ccc(O)cc1.N#CCC=O.NC(=O)C1C=C(N)SC2=C1CCCC2. The second-order valence-corrected chi connectivity index (χ2v) is 7.42. The molecule has 1 atom stereocenters. The predicted octanol–water partition coefficient (Wildman–Crippen LogP) is 3.52. The molecule has 0 aromatic heterocycles. The van der Waals surface area contributed by atoms with E-state index in [0.717, 1.165) is 30.7 Å². The number of thioether (sulfide) groups is 1. The summed E-state index contributed by atoms with van der Waals surface area (Å²) < 4.78 is 0. The molecular weight excluding hydrogens is 374 g/mol. The lowest BCUT2D eigenvalue weighted by atomic mass is 9.88. The second-order valence-electron chi connectivity index (χ2n) is 6.26. The van der Waals surface area contributed by atoms with E-state index in [1.54, 1.807) is 36.0 Å². The van der Waals surface area contributed by atoms with Crippen LogP contribution in [0.5, 0.6) is 5.75 Å². The summed E-state index contributed by atoms with van der Waals surface area (Å²) in [6.45, 7) is 2.09. The van der Waals surface area contributed by atoms with Crippen LogP contribution in [0.1, 0.15) is 44.6 Å². The fourth-order valence-corrected chi connectivity index (χ4v) is 3.91. The highest BCUT2D eigenvalue weighted by Crippen LogP contribution is 2.42. The van der Waals surface area contributed by atoms with Gasteiger partial charge in [-0.25, -0.2) is 0 Å². The van der Waals surface area contributed by atoms with E-state index in [0.29, 0.717) is 12.0 Å². The number of nitrogens with zero attached hydrogens (tertiary/aromatic N) is 1. The highest BCUT2D eigenvalue weighted by Gasteiger charge is 2.28. The van der Waals surface area contributed by atoms with E-state index < -0.39 is 0 Å². The first kappa shape index (κ1) is 23.3. The molecule has 1 aromatic rings. The van der Waals surface area contributed by atoms with Crippen LogP contribution in [0.2, 0.25) is 0 Å². The number of carbonyl (C=O) groups excluding carboxylic acids is 2. The van der Waals surface area contributed by atoms with Gasteiger partial charge in [-0.2, -0.15) is 5.26 Å². The maximum absolute atomic E-state index is 11.2. The van der Waals surface area contributed by atoms with Crippen molar-refractivity contribution in [1.82, 2.24) is 0 Å². The molecule has 0 bridgehead atoms. The molecule has 0 radical (unpaired) electrons. The van der Waals surface area contributed by atoms with Crippen molar-refractivity contribution in [2.24, 2.45) is 17.4 Å². The van der Waals surface area contributed by atoms with E-state index in [1.807, 2.05) is 12.1 Å². The quantitative estimate of drug-likeness (QED) is 0.664. The molecule has 0 fully saturated rings. The van der Waals surface area contributed by atoms with Gasteiger partial charge >= 0.3 is 0 Å². The molecule has 7 heteroatoms.